The zero-order valence-electron chi connectivity index (χ0n) is 20.0. The lowest BCUT2D eigenvalue weighted by atomic mass is 9.94. The summed E-state index contributed by atoms with van der Waals surface area (Å²) < 4.78 is 52.9. The van der Waals surface area contributed by atoms with Gasteiger partial charge in [-0.2, -0.15) is 0 Å². The second-order valence-electron chi connectivity index (χ2n) is 8.17. The monoisotopic (exact) mass is 513 g/mol. The minimum atomic E-state index is -4.95. The van der Waals surface area contributed by atoms with Crippen LogP contribution in [0.3, 0.4) is 0 Å². The van der Waals surface area contributed by atoms with Crippen LogP contribution < -0.4 is 19.1 Å². The molecule has 1 atom stereocenters. The maximum Gasteiger partial charge on any atom is 0.573 e. The summed E-state index contributed by atoms with van der Waals surface area (Å²) in [5.74, 6) is -1.94. The van der Waals surface area contributed by atoms with E-state index in [0.29, 0.717) is 22.6 Å². The van der Waals surface area contributed by atoms with E-state index in [1.807, 2.05) is 0 Å². The number of aryl methyl sites for hydroxylation is 1. The Kier molecular flexibility index (Phi) is 6.84. The van der Waals surface area contributed by atoms with E-state index in [2.05, 4.69) is 4.74 Å². The third kappa shape index (κ3) is 5.09. The van der Waals surface area contributed by atoms with Gasteiger partial charge in [-0.1, -0.05) is 18.2 Å². The van der Waals surface area contributed by atoms with Crippen LogP contribution in [0.5, 0.6) is 17.2 Å². The molecule has 0 aromatic heterocycles. The highest BCUT2D eigenvalue weighted by molar-refractivity contribution is 6.51. The first kappa shape index (κ1) is 25.6. The number of alkyl halides is 3. The summed E-state index contributed by atoms with van der Waals surface area (Å²) in [6.07, 6.45) is -4.95. The smallest absolute Gasteiger partial charge is 0.507 e. The van der Waals surface area contributed by atoms with E-state index >= 15 is 0 Å². The average Bonchev–Trinajstić information content (AvgIpc) is 3.13. The normalized spacial score (nSPS) is 17.1. The number of ketones is 1. The Bertz CT molecular complexity index is 1380. The van der Waals surface area contributed by atoms with Crippen LogP contribution in [0.15, 0.2) is 72.3 Å². The molecular formula is C27H22F3NO6. The molecule has 0 bridgehead atoms. The molecule has 0 aliphatic carbocycles. The first-order valence-electron chi connectivity index (χ1n) is 11.0. The van der Waals surface area contributed by atoms with Gasteiger partial charge in [-0.3, -0.25) is 14.5 Å². The maximum absolute atomic E-state index is 13.3. The van der Waals surface area contributed by atoms with Crippen molar-refractivity contribution in [3.63, 3.8) is 0 Å². The molecule has 1 unspecified atom stereocenters. The van der Waals surface area contributed by atoms with Crippen molar-refractivity contribution < 1.29 is 42.1 Å². The first-order chi connectivity index (χ1) is 17.5. The predicted molar refractivity (Wildman–Crippen MR) is 129 cm³/mol. The van der Waals surface area contributed by atoms with Crippen molar-refractivity contribution >= 4 is 23.1 Å². The maximum atomic E-state index is 13.3. The number of hydrogen-bond donors (Lipinski definition) is 1. The third-order valence-electron chi connectivity index (χ3n) is 5.87. The van der Waals surface area contributed by atoms with E-state index in [4.69, 9.17) is 9.47 Å². The molecule has 4 rings (SSSR count). The number of carbonyl (C=O) groups is 2. The topological polar surface area (TPSA) is 85.3 Å². The van der Waals surface area contributed by atoms with Crippen molar-refractivity contribution in [1.82, 2.24) is 0 Å². The van der Waals surface area contributed by atoms with Gasteiger partial charge in [-0.25, -0.2) is 0 Å². The van der Waals surface area contributed by atoms with Crippen LogP contribution in [0.2, 0.25) is 0 Å². The lowest BCUT2D eigenvalue weighted by molar-refractivity contribution is -0.274. The number of anilines is 1. The molecule has 0 spiro atoms. The van der Waals surface area contributed by atoms with E-state index < -0.39 is 35.6 Å². The fourth-order valence-electron chi connectivity index (χ4n) is 4.21. The summed E-state index contributed by atoms with van der Waals surface area (Å²) in [5, 5.41) is 11.2. The number of halogens is 3. The number of methoxy groups -OCH3 is 2. The van der Waals surface area contributed by atoms with Crippen LogP contribution in [-0.4, -0.2) is 37.4 Å². The molecule has 1 aliphatic heterocycles. The van der Waals surface area contributed by atoms with Crippen LogP contribution in [-0.2, 0) is 9.59 Å². The molecule has 0 saturated carbocycles. The van der Waals surface area contributed by atoms with Gasteiger partial charge < -0.3 is 19.3 Å². The number of nitrogens with zero attached hydrogens (tertiary/aromatic N) is 1. The molecule has 0 radical (unpaired) electrons. The number of ether oxygens (including phenoxy) is 3. The largest absolute Gasteiger partial charge is 0.573 e. The van der Waals surface area contributed by atoms with Crippen LogP contribution in [0, 0.1) is 6.92 Å². The summed E-state index contributed by atoms with van der Waals surface area (Å²) in [7, 11) is 2.97. The van der Waals surface area contributed by atoms with E-state index in [1.165, 1.54) is 32.4 Å². The van der Waals surface area contributed by atoms with E-state index in [9.17, 15) is 27.9 Å². The third-order valence-corrected chi connectivity index (χ3v) is 5.87. The molecule has 3 aromatic rings. The van der Waals surface area contributed by atoms with Gasteiger partial charge in [-0.05, 0) is 60.5 Å². The fraction of sp³-hybridized carbons (Fsp3) is 0.185. The number of aliphatic hydroxyl groups excluding tert-OH is 1. The Labute approximate surface area is 210 Å². The Hall–Kier alpha value is -4.47. The second kappa shape index (κ2) is 9.88. The quantitative estimate of drug-likeness (QED) is 0.265. The summed E-state index contributed by atoms with van der Waals surface area (Å²) in [5.41, 5.74) is 1.13. The number of amides is 1. The number of Topliss-reactive ketones (excluding diaryl/α,β-unsaturated/α-hetero) is 1. The predicted octanol–water partition coefficient (Wildman–Crippen LogP) is 5.54. The highest BCUT2D eigenvalue weighted by atomic mass is 19.4. The number of rotatable bonds is 6. The van der Waals surface area contributed by atoms with Gasteiger partial charge >= 0.3 is 6.36 Å². The van der Waals surface area contributed by atoms with Crippen LogP contribution in [0.4, 0.5) is 18.9 Å². The fourth-order valence-corrected chi connectivity index (χ4v) is 4.21. The van der Waals surface area contributed by atoms with Crippen molar-refractivity contribution in [3.8, 4) is 17.2 Å². The minimum absolute atomic E-state index is 0.0189. The molecule has 1 fully saturated rings. The van der Waals surface area contributed by atoms with Gasteiger partial charge in [0.1, 0.15) is 23.0 Å². The van der Waals surface area contributed by atoms with Gasteiger partial charge in [0.25, 0.3) is 11.7 Å². The van der Waals surface area contributed by atoms with Crippen LogP contribution in [0.1, 0.15) is 22.7 Å². The zero-order chi connectivity index (χ0) is 26.9. The second-order valence-corrected chi connectivity index (χ2v) is 8.17. The van der Waals surface area contributed by atoms with Gasteiger partial charge in [-0.15, -0.1) is 13.2 Å². The lowest BCUT2D eigenvalue weighted by Crippen LogP contribution is -2.29. The number of carbonyl (C=O) groups excluding carboxylic acids is 2. The molecule has 1 aliphatic rings. The number of hydrogen-bond acceptors (Lipinski definition) is 6. The van der Waals surface area contributed by atoms with Crippen LogP contribution >= 0.6 is 0 Å². The first-order valence-corrected chi connectivity index (χ1v) is 11.0. The Morgan fingerprint density at radius 2 is 1.62 bits per heavy atom. The molecule has 37 heavy (non-hydrogen) atoms. The Morgan fingerprint density at radius 1 is 0.919 bits per heavy atom. The van der Waals surface area contributed by atoms with E-state index in [0.717, 1.165) is 17.0 Å². The standard InChI is InChI=1S/C27H22F3NO6/c1-15-13-17(9-12-21(15)36-3)24(32)22-23(16-7-10-19(35-2)11-8-16)31(26(34)25(22)33)18-5-4-6-20(14-18)37-27(28,29)30/h4-14,23,32H,1-3H3/b24-22+. The molecule has 7 nitrogen and oxygen atoms in total. The summed E-state index contributed by atoms with van der Waals surface area (Å²) in [6, 6.07) is 14.8. The van der Waals surface area contributed by atoms with Crippen LogP contribution in [0.25, 0.3) is 5.76 Å². The van der Waals surface area contributed by atoms with Gasteiger partial charge in [0.05, 0.1) is 25.8 Å². The van der Waals surface area contributed by atoms with Crippen molar-refractivity contribution in [2.75, 3.05) is 19.1 Å². The summed E-state index contributed by atoms with van der Waals surface area (Å²) >= 11 is 0. The van der Waals surface area contributed by atoms with E-state index in [1.54, 1.807) is 43.3 Å². The molecule has 1 heterocycles. The van der Waals surface area contributed by atoms with Crippen molar-refractivity contribution in [2.24, 2.45) is 0 Å². The molecular weight excluding hydrogens is 491 g/mol. The highest BCUT2D eigenvalue weighted by Gasteiger charge is 2.47. The summed E-state index contributed by atoms with van der Waals surface area (Å²) in [6.45, 7) is 1.75. The molecule has 1 amide bonds. The number of aliphatic hydroxyl groups is 1. The Balaban J connectivity index is 1.90. The minimum Gasteiger partial charge on any atom is -0.507 e. The molecule has 1 N–H and O–H groups in total. The molecule has 192 valence electrons. The Morgan fingerprint density at radius 3 is 2.22 bits per heavy atom. The van der Waals surface area contributed by atoms with Gasteiger partial charge in [0.15, 0.2) is 0 Å². The van der Waals surface area contributed by atoms with Gasteiger partial charge in [0, 0.05) is 17.3 Å². The number of benzene rings is 3. The average molecular weight is 513 g/mol. The highest BCUT2D eigenvalue weighted by Crippen LogP contribution is 2.43. The van der Waals surface area contributed by atoms with Crippen molar-refractivity contribution in [1.29, 1.82) is 0 Å². The zero-order valence-corrected chi connectivity index (χ0v) is 20.0. The SMILES string of the molecule is COc1ccc(C2/C(=C(\O)c3ccc(OC)c(C)c3)C(=O)C(=O)N2c2cccc(OC(F)(F)F)c2)cc1. The molecule has 1 saturated heterocycles. The molecule has 3 aromatic carbocycles. The van der Waals surface area contributed by atoms with Gasteiger partial charge in [0.2, 0.25) is 0 Å². The molecule has 10 heteroatoms. The summed E-state index contributed by atoms with van der Waals surface area (Å²) in [4.78, 5) is 27.5. The van der Waals surface area contributed by atoms with Crippen molar-refractivity contribution in [2.45, 2.75) is 19.3 Å². The van der Waals surface area contributed by atoms with Crippen molar-refractivity contribution in [3.05, 3.63) is 89.0 Å². The lowest BCUT2D eigenvalue weighted by Gasteiger charge is -2.26. The van der Waals surface area contributed by atoms with E-state index in [-0.39, 0.29) is 16.8 Å².